The van der Waals surface area contributed by atoms with Gasteiger partial charge in [-0.15, -0.1) is 11.3 Å². The lowest BCUT2D eigenvalue weighted by Crippen LogP contribution is -2.12. The molecule has 2 aromatic heterocycles. The zero-order valence-corrected chi connectivity index (χ0v) is 10.5. The van der Waals surface area contributed by atoms with Crippen LogP contribution < -0.4 is 5.32 Å². The number of aryl methyl sites for hydroxylation is 3. The number of hydrogen-bond acceptors (Lipinski definition) is 5. The van der Waals surface area contributed by atoms with Crippen molar-refractivity contribution in [1.82, 2.24) is 15.5 Å². The van der Waals surface area contributed by atoms with Crippen LogP contribution in [0, 0.1) is 20.8 Å². The van der Waals surface area contributed by atoms with E-state index in [0.29, 0.717) is 0 Å². The summed E-state index contributed by atoms with van der Waals surface area (Å²) in [5.41, 5.74) is 2.12. The molecular weight excluding hydrogens is 222 g/mol. The van der Waals surface area contributed by atoms with E-state index < -0.39 is 0 Å². The average molecular weight is 237 g/mol. The molecule has 0 aromatic carbocycles. The molecule has 0 unspecified atom stereocenters. The Morgan fingerprint density at radius 3 is 2.69 bits per heavy atom. The van der Waals surface area contributed by atoms with Crippen molar-refractivity contribution in [3.05, 3.63) is 33.1 Å². The maximum atomic E-state index is 5.10. The molecule has 16 heavy (non-hydrogen) atoms. The van der Waals surface area contributed by atoms with E-state index in [1.54, 1.807) is 11.3 Å². The second kappa shape index (κ2) is 4.76. The molecule has 2 heterocycles. The van der Waals surface area contributed by atoms with Gasteiger partial charge < -0.3 is 9.84 Å². The SMILES string of the molecule is Cc1ncc(CNCc2c(C)noc2C)s1. The summed E-state index contributed by atoms with van der Waals surface area (Å²) in [4.78, 5) is 5.47. The first-order valence-corrected chi connectivity index (χ1v) is 6.02. The van der Waals surface area contributed by atoms with E-state index >= 15 is 0 Å². The predicted molar refractivity (Wildman–Crippen MR) is 63.4 cm³/mol. The van der Waals surface area contributed by atoms with E-state index in [4.69, 9.17) is 4.52 Å². The molecule has 0 amide bonds. The van der Waals surface area contributed by atoms with Crippen LogP contribution in [-0.2, 0) is 13.1 Å². The standard InChI is InChI=1S/C11H15N3OS/c1-7-11(8(2)15-14-7)6-12-4-10-5-13-9(3)16-10/h5,12H,4,6H2,1-3H3. The Labute approximate surface area is 98.7 Å². The third kappa shape index (κ3) is 2.48. The molecule has 2 rings (SSSR count). The van der Waals surface area contributed by atoms with Gasteiger partial charge in [0.15, 0.2) is 0 Å². The minimum Gasteiger partial charge on any atom is -0.361 e. The van der Waals surface area contributed by atoms with Gasteiger partial charge in [-0.1, -0.05) is 5.16 Å². The monoisotopic (exact) mass is 237 g/mol. The molecular formula is C11H15N3OS. The molecule has 0 saturated carbocycles. The molecule has 4 nitrogen and oxygen atoms in total. The predicted octanol–water partition coefficient (Wildman–Crippen LogP) is 2.35. The Hall–Kier alpha value is -1.20. The molecule has 86 valence electrons. The molecule has 0 fully saturated rings. The summed E-state index contributed by atoms with van der Waals surface area (Å²) in [6, 6.07) is 0. The molecule has 0 saturated heterocycles. The Bertz CT molecular complexity index is 456. The highest BCUT2D eigenvalue weighted by Gasteiger charge is 2.08. The lowest BCUT2D eigenvalue weighted by Gasteiger charge is -2.01. The van der Waals surface area contributed by atoms with Crippen molar-refractivity contribution in [3.63, 3.8) is 0 Å². The summed E-state index contributed by atoms with van der Waals surface area (Å²) in [6.07, 6.45) is 1.92. The van der Waals surface area contributed by atoms with Crippen LogP contribution in [-0.4, -0.2) is 10.1 Å². The summed E-state index contributed by atoms with van der Waals surface area (Å²) in [5, 5.41) is 8.40. The topological polar surface area (TPSA) is 51.0 Å². The van der Waals surface area contributed by atoms with Crippen LogP contribution >= 0.6 is 11.3 Å². The summed E-state index contributed by atoms with van der Waals surface area (Å²) in [6.45, 7) is 7.55. The molecule has 0 aliphatic rings. The number of aromatic nitrogens is 2. The second-order valence-corrected chi connectivity index (χ2v) is 5.07. The van der Waals surface area contributed by atoms with Crippen molar-refractivity contribution in [2.45, 2.75) is 33.9 Å². The Kier molecular flexibility index (Phi) is 3.36. The van der Waals surface area contributed by atoms with Crippen LogP contribution in [0.4, 0.5) is 0 Å². The molecule has 5 heteroatoms. The largest absolute Gasteiger partial charge is 0.361 e. The van der Waals surface area contributed by atoms with Gasteiger partial charge in [0, 0.05) is 29.7 Å². The van der Waals surface area contributed by atoms with Crippen LogP contribution in [0.1, 0.15) is 26.9 Å². The minimum atomic E-state index is 0.790. The maximum Gasteiger partial charge on any atom is 0.138 e. The summed E-state index contributed by atoms with van der Waals surface area (Å²) in [5.74, 6) is 0.894. The van der Waals surface area contributed by atoms with Gasteiger partial charge in [0.2, 0.25) is 0 Å². The van der Waals surface area contributed by atoms with Crippen LogP contribution in [0.3, 0.4) is 0 Å². The number of nitrogens with zero attached hydrogens (tertiary/aromatic N) is 2. The fraction of sp³-hybridized carbons (Fsp3) is 0.455. The quantitative estimate of drug-likeness (QED) is 0.886. The molecule has 0 radical (unpaired) electrons. The molecule has 1 N–H and O–H groups in total. The van der Waals surface area contributed by atoms with E-state index in [2.05, 4.69) is 15.5 Å². The molecule has 0 spiro atoms. The second-order valence-electron chi connectivity index (χ2n) is 3.75. The molecule has 0 aliphatic heterocycles. The Morgan fingerprint density at radius 1 is 1.31 bits per heavy atom. The summed E-state index contributed by atoms with van der Waals surface area (Å²) >= 11 is 1.72. The summed E-state index contributed by atoms with van der Waals surface area (Å²) in [7, 11) is 0. The zero-order valence-electron chi connectivity index (χ0n) is 9.70. The van der Waals surface area contributed by atoms with E-state index in [9.17, 15) is 0 Å². The fourth-order valence-corrected chi connectivity index (χ4v) is 2.32. The van der Waals surface area contributed by atoms with Crippen LogP contribution in [0.2, 0.25) is 0 Å². The Morgan fingerprint density at radius 2 is 2.12 bits per heavy atom. The van der Waals surface area contributed by atoms with Gasteiger partial charge >= 0.3 is 0 Å². The van der Waals surface area contributed by atoms with E-state index in [0.717, 1.165) is 35.1 Å². The van der Waals surface area contributed by atoms with E-state index in [1.807, 2.05) is 27.0 Å². The first kappa shape index (κ1) is 11.3. The fourth-order valence-electron chi connectivity index (χ4n) is 1.55. The van der Waals surface area contributed by atoms with E-state index in [-0.39, 0.29) is 0 Å². The molecule has 0 bridgehead atoms. The maximum absolute atomic E-state index is 5.10. The van der Waals surface area contributed by atoms with Crippen molar-refractivity contribution in [2.24, 2.45) is 0 Å². The number of nitrogens with one attached hydrogen (secondary N) is 1. The van der Waals surface area contributed by atoms with Crippen LogP contribution in [0.5, 0.6) is 0 Å². The highest BCUT2D eigenvalue weighted by Crippen LogP contribution is 2.13. The lowest BCUT2D eigenvalue weighted by molar-refractivity contribution is 0.392. The van der Waals surface area contributed by atoms with Crippen molar-refractivity contribution >= 4 is 11.3 Å². The van der Waals surface area contributed by atoms with Crippen molar-refractivity contribution in [3.8, 4) is 0 Å². The number of hydrogen-bond donors (Lipinski definition) is 1. The van der Waals surface area contributed by atoms with Gasteiger partial charge in [0.05, 0.1) is 10.7 Å². The molecule has 0 aliphatic carbocycles. The van der Waals surface area contributed by atoms with Gasteiger partial charge in [0.25, 0.3) is 0 Å². The van der Waals surface area contributed by atoms with Crippen molar-refractivity contribution < 1.29 is 4.52 Å². The first-order valence-electron chi connectivity index (χ1n) is 5.20. The average Bonchev–Trinajstić information content (AvgIpc) is 2.78. The first-order chi connectivity index (χ1) is 7.66. The minimum absolute atomic E-state index is 0.790. The highest BCUT2D eigenvalue weighted by molar-refractivity contribution is 7.11. The van der Waals surface area contributed by atoms with Crippen molar-refractivity contribution in [1.29, 1.82) is 0 Å². The smallest absolute Gasteiger partial charge is 0.138 e. The molecule has 2 aromatic rings. The zero-order chi connectivity index (χ0) is 11.5. The third-order valence-electron chi connectivity index (χ3n) is 2.45. The number of thiazole rings is 1. The molecule has 0 atom stereocenters. The van der Waals surface area contributed by atoms with Gasteiger partial charge in [-0.25, -0.2) is 4.98 Å². The highest BCUT2D eigenvalue weighted by atomic mass is 32.1. The summed E-state index contributed by atoms with van der Waals surface area (Å²) < 4.78 is 5.10. The number of rotatable bonds is 4. The normalized spacial score (nSPS) is 10.9. The van der Waals surface area contributed by atoms with Crippen LogP contribution in [0.15, 0.2) is 10.7 Å². The van der Waals surface area contributed by atoms with Gasteiger partial charge in [-0.2, -0.15) is 0 Å². The van der Waals surface area contributed by atoms with Gasteiger partial charge in [-0.05, 0) is 20.8 Å². The van der Waals surface area contributed by atoms with Gasteiger partial charge in [0.1, 0.15) is 5.76 Å². The van der Waals surface area contributed by atoms with Crippen molar-refractivity contribution in [2.75, 3.05) is 0 Å². The van der Waals surface area contributed by atoms with Crippen LogP contribution in [0.25, 0.3) is 0 Å². The lowest BCUT2D eigenvalue weighted by atomic mass is 10.2. The Balaban J connectivity index is 1.89. The van der Waals surface area contributed by atoms with E-state index in [1.165, 1.54) is 4.88 Å². The third-order valence-corrected chi connectivity index (χ3v) is 3.36. The van der Waals surface area contributed by atoms with Gasteiger partial charge in [-0.3, -0.25) is 0 Å².